The Kier molecular flexibility index (Phi) is 12.4. The third-order valence-corrected chi connectivity index (χ3v) is 21.7. The Labute approximate surface area is 535 Å². The molecule has 2 aliphatic heterocycles. The summed E-state index contributed by atoms with van der Waals surface area (Å²) in [4.78, 5) is 7.90. The summed E-state index contributed by atoms with van der Waals surface area (Å²) in [6, 6.07) is 75.7. The molecule has 0 fully saturated rings. The summed E-state index contributed by atoms with van der Waals surface area (Å²) in [7, 11) is 0. The van der Waals surface area contributed by atoms with Crippen LogP contribution in [0.1, 0.15) is 184 Å². The zero-order valence-corrected chi connectivity index (χ0v) is 56.3. The van der Waals surface area contributed by atoms with Crippen molar-refractivity contribution in [3.8, 4) is 0 Å². The van der Waals surface area contributed by atoms with E-state index < -0.39 is 0 Å². The number of fused-ring (bicyclic) bond motifs is 11. The lowest BCUT2D eigenvalue weighted by atomic mass is 9.32. The van der Waals surface area contributed by atoms with Gasteiger partial charge in [0.1, 0.15) is 11.2 Å². The Balaban J connectivity index is 1.14. The summed E-state index contributed by atoms with van der Waals surface area (Å²) in [5.41, 5.74) is 30.8. The van der Waals surface area contributed by atoms with Crippen LogP contribution >= 0.6 is 0 Å². The largest absolute Gasteiger partial charge is 0.456 e. The molecule has 3 heterocycles. The Hall–Kier alpha value is -8.54. The molecule has 11 aromatic rings. The quantitative estimate of drug-likeness (QED) is 0.160. The van der Waals surface area contributed by atoms with Crippen molar-refractivity contribution in [2.75, 3.05) is 14.7 Å². The number of hydrogen-bond donors (Lipinski definition) is 0. The van der Waals surface area contributed by atoms with Gasteiger partial charge < -0.3 is 19.1 Å². The summed E-state index contributed by atoms with van der Waals surface area (Å²) in [6.45, 7) is 42.7. The van der Waals surface area contributed by atoms with Crippen molar-refractivity contribution in [1.29, 1.82) is 0 Å². The molecule has 90 heavy (non-hydrogen) atoms. The molecule has 0 atom stereocenters. The Morgan fingerprint density at radius 3 is 1.19 bits per heavy atom. The molecule has 0 spiro atoms. The van der Waals surface area contributed by atoms with Crippen LogP contribution in [-0.2, 0) is 37.9 Å². The smallest absolute Gasteiger partial charge is 0.252 e. The number of furan rings is 1. The minimum absolute atomic E-state index is 0.0285. The second kappa shape index (κ2) is 19.3. The van der Waals surface area contributed by atoms with Gasteiger partial charge in [-0.15, -0.1) is 0 Å². The number of hydrogen-bond acceptors (Lipinski definition) is 4. The van der Waals surface area contributed by atoms with Crippen LogP contribution in [-0.4, -0.2) is 6.71 Å². The van der Waals surface area contributed by atoms with Gasteiger partial charge >= 0.3 is 0 Å². The summed E-state index contributed by atoms with van der Waals surface area (Å²) in [5.74, 6) is 0. The van der Waals surface area contributed by atoms with Crippen molar-refractivity contribution in [2.24, 2.45) is 0 Å². The van der Waals surface area contributed by atoms with Gasteiger partial charge in [0, 0.05) is 66.9 Å². The van der Waals surface area contributed by atoms with Gasteiger partial charge in [-0.05, 0) is 179 Å². The first kappa shape index (κ1) is 57.9. The predicted octanol–water partition coefficient (Wildman–Crippen LogP) is 21.3. The highest BCUT2D eigenvalue weighted by Gasteiger charge is 2.51. The third kappa shape index (κ3) is 8.39. The molecule has 5 heteroatoms. The molecule has 10 aromatic carbocycles. The molecular weight excluding hydrogens is 1090 g/mol. The highest BCUT2D eigenvalue weighted by molar-refractivity contribution is 7.00. The average Bonchev–Trinajstić information content (AvgIpc) is 0.721. The van der Waals surface area contributed by atoms with Crippen LogP contribution in [0.2, 0.25) is 0 Å². The van der Waals surface area contributed by atoms with Crippen LogP contribution in [0.15, 0.2) is 199 Å². The molecule has 450 valence electrons. The van der Waals surface area contributed by atoms with E-state index in [1.807, 2.05) is 0 Å². The van der Waals surface area contributed by atoms with E-state index >= 15 is 0 Å². The molecule has 0 radical (unpaired) electrons. The van der Waals surface area contributed by atoms with E-state index in [0.29, 0.717) is 0 Å². The average molecular weight is 1180 g/mol. The normalized spacial score (nSPS) is 16.4. The minimum Gasteiger partial charge on any atom is -0.456 e. The van der Waals surface area contributed by atoms with E-state index in [2.05, 4.69) is 333 Å². The van der Waals surface area contributed by atoms with Crippen molar-refractivity contribution in [3.63, 3.8) is 0 Å². The number of benzene rings is 10. The van der Waals surface area contributed by atoms with Crippen molar-refractivity contribution >= 4 is 96.2 Å². The van der Waals surface area contributed by atoms with Gasteiger partial charge in [0.2, 0.25) is 0 Å². The minimum atomic E-state index is -0.320. The molecule has 0 N–H and O–H groups in total. The Morgan fingerprint density at radius 2 is 0.744 bits per heavy atom. The van der Waals surface area contributed by atoms with Gasteiger partial charge in [-0.1, -0.05) is 239 Å². The van der Waals surface area contributed by atoms with Gasteiger partial charge in [0.05, 0.1) is 16.8 Å². The number of rotatable bonds is 5. The lowest BCUT2D eigenvalue weighted by Crippen LogP contribution is -2.62. The highest BCUT2D eigenvalue weighted by Crippen LogP contribution is 2.57. The number of anilines is 9. The van der Waals surface area contributed by atoms with E-state index in [0.717, 1.165) is 50.4 Å². The van der Waals surface area contributed by atoms with Crippen LogP contribution < -0.4 is 31.1 Å². The number of para-hydroxylation sites is 1. The van der Waals surface area contributed by atoms with Gasteiger partial charge in [-0.25, -0.2) is 0 Å². The zero-order chi connectivity index (χ0) is 63.3. The Morgan fingerprint density at radius 1 is 0.344 bits per heavy atom. The molecule has 0 bridgehead atoms. The first-order valence-corrected chi connectivity index (χ1v) is 32.9. The van der Waals surface area contributed by atoms with Gasteiger partial charge in [-0.3, -0.25) is 0 Å². The molecule has 2 aliphatic carbocycles. The summed E-state index contributed by atoms with van der Waals surface area (Å²) >= 11 is 0. The molecule has 15 rings (SSSR count). The molecule has 1 aromatic heterocycles. The monoisotopic (exact) mass is 1180 g/mol. The molecule has 4 aliphatic rings. The number of nitrogens with zero attached hydrogens (tertiary/aromatic N) is 3. The maximum absolute atomic E-state index is 6.91. The summed E-state index contributed by atoms with van der Waals surface area (Å²) in [6.07, 6.45) is 0. The van der Waals surface area contributed by atoms with Gasteiger partial charge in [0.25, 0.3) is 6.71 Å². The fraction of sp³-hybridized carbons (Fsp3) is 0.294. The molecule has 0 unspecified atom stereocenters. The van der Waals surface area contributed by atoms with Gasteiger partial charge in [0.15, 0.2) is 0 Å². The molecule has 0 amide bonds. The SMILES string of the molecule is Cc1cc(C(C)(C)C)ccc1N1c2cc3c(cc2B2c4cc5c(cc4N(c4cccc6oc7ccccc7c46)c4cc(N(c6ccc(C(C)(C)C)cc6)c6ccc(C(C)(C)C)cc6)cc1c42)C(C)(C)c1ccccc1C5(C)C)C(C)(C)c1ccccc1C3(C)C. The van der Waals surface area contributed by atoms with Crippen LogP contribution in [0, 0.1) is 6.92 Å². The van der Waals surface area contributed by atoms with Gasteiger partial charge in [-0.2, -0.15) is 0 Å². The molecule has 0 saturated heterocycles. The van der Waals surface area contributed by atoms with Crippen molar-refractivity contribution in [2.45, 2.75) is 163 Å². The fourth-order valence-corrected chi connectivity index (χ4v) is 16.5. The van der Waals surface area contributed by atoms with Crippen molar-refractivity contribution < 1.29 is 4.42 Å². The van der Waals surface area contributed by atoms with E-state index in [1.54, 1.807) is 0 Å². The highest BCUT2D eigenvalue weighted by atomic mass is 16.3. The number of aryl methyl sites for hydroxylation is 1. The first-order valence-electron chi connectivity index (χ1n) is 32.9. The predicted molar refractivity (Wildman–Crippen MR) is 385 cm³/mol. The second-order valence-electron chi connectivity index (χ2n) is 31.9. The Bertz CT molecular complexity index is 4740. The maximum Gasteiger partial charge on any atom is 0.252 e. The van der Waals surface area contributed by atoms with E-state index in [1.165, 1.54) is 106 Å². The topological polar surface area (TPSA) is 22.9 Å². The summed E-state index contributed by atoms with van der Waals surface area (Å²) in [5, 5.41) is 2.20. The van der Waals surface area contributed by atoms with E-state index in [4.69, 9.17) is 4.42 Å². The van der Waals surface area contributed by atoms with E-state index in [9.17, 15) is 0 Å². The van der Waals surface area contributed by atoms with Crippen LogP contribution in [0.5, 0.6) is 0 Å². The van der Waals surface area contributed by atoms with Crippen molar-refractivity contribution in [1.82, 2.24) is 0 Å². The van der Waals surface area contributed by atoms with Crippen molar-refractivity contribution in [3.05, 3.63) is 261 Å². The second-order valence-corrected chi connectivity index (χ2v) is 31.9. The standard InChI is InChI=1S/C85H86BN3O/c1-51-44-54(81(8,9)10)38-43-69(51)88-71-49-65-63(82(11,12)59-27-20-22-29-61(59)84(65,15)16)47-67(71)86-68-48-64-66(85(17,18)62-30-23-21-28-60(62)83(64,13)14)50-72(68)89(70-31-25-33-76-77(70)58-26-19-24-32-75(58)90-76)74-46-57(45-73(88)78(74)86)87(55-39-34-52(35-40-55)79(2,3)4)56-41-36-53(37-42-56)80(5,6)7/h19-50H,1-18H3. The first-order chi connectivity index (χ1) is 42.5. The molecular formula is C85H86BN3O. The lowest BCUT2D eigenvalue weighted by Gasteiger charge is -2.50. The maximum atomic E-state index is 6.91. The fourth-order valence-electron chi connectivity index (χ4n) is 16.5. The lowest BCUT2D eigenvalue weighted by molar-refractivity contribution is 0.521. The molecule has 0 saturated carbocycles. The van der Waals surface area contributed by atoms with Crippen LogP contribution in [0.25, 0.3) is 21.9 Å². The van der Waals surface area contributed by atoms with Crippen LogP contribution in [0.3, 0.4) is 0 Å². The summed E-state index contributed by atoms with van der Waals surface area (Å²) < 4.78 is 6.91. The molecule has 4 nitrogen and oxygen atoms in total. The zero-order valence-electron chi connectivity index (χ0n) is 56.3. The van der Waals surface area contributed by atoms with Crippen LogP contribution in [0.4, 0.5) is 51.2 Å². The third-order valence-electron chi connectivity index (χ3n) is 21.7. The van der Waals surface area contributed by atoms with E-state index in [-0.39, 0.29) is 44.6 Å².